The second-order valence-corrected chi connectivity index (χ2v) is 11.2. The van der Waals surface area contributed by atoms with E-state index in [1.54, 1.807) is 0 Å². The van der Waals surface area contributed by atoms with Gasteiger partial charge < -0.3 is 0 Å². The first-order chi connectivity index (χ1) is 20.8. The van der Waals surface area contributed by atoms with Crippen LogP contribution in [0.4, 0.5) is 0 Å². The largest absolute Gasteiger partial charge is 0.292 e. The Kier molecular flexibility index (Phi) is 4.85. The molecule has 0 aliphatic rings. The van der Waals surface area contributed by atoms with Crippen LogP contribution in [0.3, 0.4) is 0 Å². The maximum Gasteiger partial charge on any atom is 0.146 e. The van der Waals surface area contributed by atoms with Crippen LogP contribution in [0, 0.1) is 6.92 Å². The fourth-order valence-electron chi connectivity index (χ4n) is 6.93. The molecule has 9 rings (SSSR count). The van der Waals surface area contributed by atoms with Gasteiger partial charge in [-0.3, -0.25) is 4.40 Å². The van der Waals surface area contributed by atoms with Crippen molar-refractivity contribution in [2.24, 2.45) is 0 Å². The first kappa shape index (κ1) is 23.3. The van der Waals surface area contributed by atoms with Gasteiger partial charge in [0.15, 0.2) is 0 Å². The van der Waals surface area contributed by atoms with E-state index in [0.29, 0.717) is 0 Å². The molecule has 0 N–H and O–H groups in total. The van der Waals surface area contributed by atoms with E-state index in [9.17, 15) is 0 Å². The lowest BCUT2D eigenvalue weighted by Crippen LogP contribution is -1.94. The zero-order chi connectivity index (χ0) is 27.8. The van der Waals surface area contributed by atoms with Gasteiger partial charge in [0, 0.05) is 10.8 Å². The molecule has 0 spiro atoms. The van der Waals surface area contributed by atoms with E-state index in [2.05, 4.69) is 151 Å². The summed E-state index contributed by atoms with van der Waals surface area (Å²) in [5.41, 5.74) is 10.6. The maximum atomic E-state index is 5.11. The summed E-state index contributed by atoms with van der Waals surface area (Å²) < 4.78 is 2.35. The minimum Gasteiger partial charge on any atom is -0.292 e. The van der Waals surface area contributed by atoms with E-state index in [1.807, 2.05) is 0 Å². The van der Waals surface area contributed by atoms with Gasteiger partial charge in [0.25, 0.3) is 0 Å². The lowest BCUT2D eigenvalue weighted by molar-refractivity contribution is 1.32. The third-order valence-corrected chi connectivity index (χ3v) is 8.82. The van der Waals surface area contributed by atoms with Gasteiger partial charge in [-0.2, -0.15) is 0 Å². The van der Waals surface area contributed by atoms with Crippen LogP contribution in [0.1, 0.15) is 5.56 Å². The Morgan fingerprint density at radius 3 is 1.62 bits per heavy atom. The Labute approximate surface area is 243 Å². The Morgan fingerprint density at radius 1 is 0.429 bits per heavy atom. The second kappa shape index (κ2) is 8.76. The SMILES string of the molecule is Cc1ccc(-c2c3ccccc3c(-c3ccc4c5ccccc5c5nc6ccccc6n5c4c3)c3ccccc23)cc1. The topological polar surface area (TPSA) is 17.3 Å². The Bertz CT molecular complexity index is 2460. The molecule has 0 aliphatic carbocycles. The third kappa shape index (κ3) is 3.24. The molecule has 2 aromatic heterocycles. The summed E-state index contributed by atoms with van der Waals surface area (Å²) in [4.78, 5) is 5.11. The van der Waals surface area contributed by atoms with Crippen molar-refractivity contribution >= 4 is 59.9 Å². The fraction of sp³-hybridized carbons (Fsp3) is 0.0250. The molecule has 7 aromatic carbocycles. The molecule has 2 nitrogen and oxygen atoms in total. The van der Waals surface area contributed by atoms with Gasteiger partial charge in [-0.15, -0.1) is 0 Å². The molecule has 0 fully saturated rings. The summed E-state index contributed by atoms with van der Waals surface area (Å²) in [5.74, 6) is 0. The predicted molar refractivity (Wildman–Crippen MR) is 178 cm³/mol. The van der Waals surface area contributed by atoms with E-state index >= 15 is 0 Å². The van der Waals surface area contributed by atoms with Crippen LogP contribution >= 0.6 is 0 Å². The van der Waals surface area contributed by atoms with Crippen molar-refractivity contribution in [3.05, 3.63) is 145 Å². The van der Waals surface area contributed by atoms with Gasteiger partial charge in [0.2, 0.25) is 0 Å². The number of hydrogen-bond donors (Lipinski definition) is 0. The average molecular weight is 535 g/mol. The smallest absolute Gasteiger partial charge is 0.146 e. The van der Waals surface area contributed by atoms with Crippen LogP contribution in [0.25, 0.3) is 82.2 Å². The molecule has 0 saturated carbocycles. The molecule has 0 atom stereocenters. The Morgan fingerprint density at radius 2 is 0.952 bits per heavy atom. The number of aryl methyl sites for hydroxylation is 1. The quantitative estimate of drug-likeness (QED) is 0.159. The number of imidazole rings is 1. The van der Waals surface area contributed by atoms with Crippen molar-refractivity contribution in [1.82, 2.24) is 9.38 Å². The molecule has 196 valence electrons. The zero-order valence-electron chi connectivity index (χ0n) is 23.2. The summed E-state index contributed by atoms with van der Waals surface area (Å²) in [7, 11) is 0. The van der Waals surface area contributed by atoms with E-state index in [0.717, 1.165) is 16.7 Å². The van der Waals surface area contributed by atoms with Crippen molar-refractivity contribution in [2.75, 3.05) is 0 Å². The molecule has 0 unspecified atom stereocenters. The van der Waals surface area contributed by atoms with Gasteiger partial charge in [0.05, 0.1) is 16.6 Å². The number of para-hydroxylation sites is 2. The van der Waals surface area contributed by atoms with E-state index in [1.165, 1.54) is 71.0 Å². The predicted octanol–water partition coefficient (Wildman–Crippen LogP) is 10.7. The molecular formula is C40H26N2. The molecule has 0 saturated heterocycles. The highest BCUT2D eigenvalue weighted by atomic mass is 15.0. The lowest BCUT2D eigenvalue weighted by Gasteiger charge is -2.18. The average Bonchev–Trinajstić information content (AvgIpc) is 3.44. The van der Waals surface area contributed by atoms with Crippen molar-refractivity contribution < 1.29 is 0 Å². The van der Waals surface area contributed by atoms with E-state index in [4.69, 9.17) is 4.98 Å². The van der Waals surface area contributed by atoms with Crippen LogP contribution in [-0.2, 0) is 0 Å². The molecule has 0 aliphatic heterocycles. The van der Waals surface area contributed by atoms with E-state index in [-0.39, 0.29) is 0 Å². The molecule has 0 radical (unpaired) electrons. The van der Waals surface area contributed by atoms with Crippen molar-refractivity contribution in [3.8, 4) is 22.3 Å². The summed E-state index contributed by atoms with van der Waals surface area (Å²) in [6.45, 7) is 2.15. The van der Waals surface area contributed by atoms with Gasteiger partial charge in [-0.05, 0) is 74.3 Å². The van der Waals surface area contributed by atoms with Gasteiger partial charge in [-0.1, -0.05) is 127 Å². The maximum absolute atomic E-state index is 5.11. The zero-order valence-corrected chi connectivity index (χ0v) is 23.2. The molecule has 42 heavy (non-hydrogen) atoms. The van der Waals surface area contributed by atoms with Gasteiger partial charge in [-0.25, -0.2) is 4.98 Å². The summed E-state index contributed by atoms with van der Waals surface area (Å²) >= 11 is 0. The van der Waals surface area contributed by atoms with Crippen LogP contribution < -0.4 is 0 Å². The molecule has 0 amide bonds. The van der Waals surface area contributed by atoms with Gasteiger partial charge in [0.1, 0.15) is 5.65 Å². The van der Waals surface area contributed by atoms with Crippen molar-refractivity contribution in [2.45, 2.75) is 6.92 Å². The monoisotopic (exact) mass is 534 g/mol. The highest BCUT2D eigenvalue weighted by Crippen LogP contribution is 2.44. The van der Waals surface area contributed by atoms with Gasteiger partial charge >= 0.3 is 0 Å². The standard InChI is InChI=1S/C40H26N2/c1-25-18-20-26(21-19-25)38-30-11-3-5-13-32(30)39(33-14-6-4-12-31(33)38)27-22-23-29-28-10-2-7-15-34(28)40-41-35-16-8-9-17-36(35)42(40)37(29)24-27/h2-24H,1H3. The molecule has 0 bridgehead atoms. The number of hydrogen-bond acceptors (Lipinski definition) is 1. The van der Waals surface area contributed by atoms with Crippen LogP contribution in [0.15, 0.2) is 140 Å². The Balaban J connectivity index is 1.44. The summed E-state index contributed by atoms with van der Waals surface area (Å²) in [6.07, 6.45) is 0. The summed E-state index contributed by atoms with van der Waals surface area (Å²) in [5, 5.41) is 8.70. The first-order valence-electron chi connectivity index (χ1n) is 14.5. The van der Waals surface area contributed by atoms with Crippen molar-refractivity contribution in [1.29, 1.82) is 0 Å². The number of fused-ring (bicyclic) bond motifs is 10. The Hall–Kier alpha value is -5.47. The first-order valence-corrected chi connectivity index (χ1v) is 14.5. The number of pyridine rings is 1. The van der Waals surface area contributed by atoms with Crippen LogP contribution in [0.2, 0.25) is 0 Å². The lowest BCUT2D eigenvalue weighted by atomic mass is 9.85. The molecule has 2 heteroatoms. The number of benzene rings is 7. The number of nitrogens with zero attached hydrogens (tertiary/aromatic N) is 2. The highest BCUT2D eigenvalue weighted by Gasteiger charge is 2.18. The highest BCUT2D eigenvalue weighted by molar-refractivity contribution is 6.22. The molecular weight excluding hydrogens is 508 g/mol. The third-order valence-electron chi connectivity index (χ3n) is 8.82. The minimum atomic E-state index is 1.00. The minimum absolute atomic E-state index is 1.00. The molecule has 9 aromatic rings. The number of rotatable bonds is 2. The second-order valence-electron chi connectivity index (χ2n) is 11.2. The normalized spacial score (nSPS) is 11.9. The van der Waals surface area contributed by atoms with Crippen molar-refractivity contribution in [3.63, 3.8) is 0 Å². The van der Waals surface area contributed by atoms with Crippen LogP contribution in [0.5, 0.6) is 0 Å². The van der Waals surface area contributed by atoms with Crippen LogP contribution in [-0.4, -0.2) is 9.38 Å². The summed E-state index contributed by atoms with van der Waals surface area (Å²) in [6, 6.07) is 50.8. The number of aromatic nitrogens is 2. The molecule has 2 heterocycles. The fourth-order valence-corrected chi connectivity index (χ4v) is 6.93. The van der Waals surface area contributed by atoms with E-state index < -0.39 is 0 Å².